The molecule has 1 N–H and O–H groups in total. The first-order chi connectivity index (χ1) is 5.18. The van der Waals surface area contributed by atoms with Crippen molar-refractivity contribution in [2.75, 3.05) is 0 Å². The lowest BCUT2D eigenvalue weighted by atomic mass is 10.1. The molecule has 0 aliphatic carbocycles. The third-order valence-corrected chi connectivity index (χ3v) is 1.49. The van der Waals surface area contributed by atoms with Gasteiger partial charge in [0.05, 0.1) is 6.10 Å². The van der Waals surface area contributed by atoms with E-state index < -0.39 is 0 Å². The summed E-state index contributed by atoms with van der Waals surface area (Å²) in [6.07, 6.45) is 2.22. The van der Waals surface area contributed by atoms with Crippen molar-refractivity contribution < 1.29 is 5.11 Å². The van der Waals surface area contributed by atoms with Crippen molar-refractivity contribution in [3.05, 3.63) is 29.6 Å². The lowest BCUT2D eigenvalue weighted by Gasteiger charge is -2.03. The quantitative estimate of drug-likeness (QED) is 0.691. The van der Waals surface area contributed by atoms with Crippen molar-refractivity contribution in [2.24, 2.45) is 0 Å². The number of aromatic nitrogens is 1. The summed E-state index contributed by atoms with van der Waals surface area (Å²) in [7, 11) is 0. The van der Waals surface area contributed by atoms with E-state index in [4.69, 9.17) is 5.11 Å². The van der Waals surface area contributed by atoms with Crippen LogP contribution in [0.4, 0.5) is 0 Å². The SMILES string of the molecule is Cc1cc(C[C@@H](C)O)ccn1. The Balaban J connectivity index is 2.71. The minimum Gasteiger partial charge on any atom is -0.393 e. The highest BCUT2D eigenvalue weighted by Crippen LogP contribution is 2.03. The van der Waals surface area contributed by atoms with Gasteiger partial charge in [-0.05, 0) is 38.0 Å². The van der Waals surface area contributed by atoms with Gasteiger partial charge in [-0.2, -0.15) is 0 Å². The van der Waals surface area contributed by atoms with Gasteiger partial charge in [-0.1, -0.05) is 0 Å². The third-order valence-electron chi connectivity index (χ3n) is 1.49. The molecule has 11 heavy (non-hydrogen) atoms. The van der Waals surface area contributed by atoms with Gasteiger partial charge >= 0.3 is 0 Å². The van der Waals surface area contributed by atoms with E-state index in [0.29, 0.717) is 6.42 Å². The van der Waals surface area contributed by atoms with E-state index in [-0.39, 0.29) is 6.10 Å². The van der Waals surface area contributed by atoms with Gasteiger partial charge < -0.3 is 5.11 Å². The van der Waals surface area contributed by atoms with Crippen LogP contribution >= 0.6 is 0 Å². The predicted octanol–water partition coefficient (Wildman–Crippen LogP) is 1.31. The molecule has 2 nitrogen and oxygen atoms in total. The lowest BCUT2D eigenvalue weighted by molar-refractivity contribution is 0.195. The molecule has 0 saturated carbocycles. The number of rotatable bonds is 2. The molecule has 0 bridgehead atoms. The predicted molar refractivity (Wildman–Crippen MR) is 44.4 cm³/mol. The van der Waals surface area contributed by atoms with Crippen molar-refractivity contribution in [1.29, 1.82) is 0 Å². The minimum absolute atomic E-state index is 0.267. The number of hydrogen-bond acceptors (Lipinski definition) is 2. The van der Waals surface area contributed by atoms with E-state index in [1.807, 2.05) is 19.1 Å². The Kier molecular flexibility index (Phi) is 2.60. The van der Waals surface area contributed by atoms with Crippen LogP contribution in [0.25, 0.3) is 0 Å². The molecule has 0 fully saturated rings. The highest BCUT2D eigenvalue weighted by Gasteiger charge is 1.98. The Labute approximate surface area is 66.9 Å². The summed E-state index contributed by atoms with van der Waals surface area (Å²) >= 11 is 0. The zero-order chi connectivity index (χ0) is 8.27. The smallest absolute Gasteiger partial charge is 0.0552 e. The fourth-order valence-electron chi connectivity index (χ4n) is 1.07. The van der Waals surface area contributed by atoms with Gasteiger partial charge in [0.2, 0.25) is 0 Å². The van der Waals surface area contributed by atoms with E-state index in [0.717, 1.165) is 11.3 Å². The third kappa shape index (κ3) is 2.68. The van der Waals surface area contributed by atoms with E-state index in [1.54, 1.807) is 13.1 Å². The maximum absolute atomic E-state index is 9.08. The summed E-state index contributed by atoms with van der Waals surface area (Å²) in [5, 5.41) is 9.08. The first-order valence-corrected chi connectivity index (χ1v) is 3.78. The molecule has 1 aromatic heterocycles. The van der Waals surface area contributed by atoms with Crippen LogP contribution in [0.1, 0.15) is 18.2 Å². The van der Waals surface area contributed by atoms with Crippen molar-refractivity contribution >= 4 is 0 Å². The largest absolute Gasteiger partial charge is 0.393 e. The number of pyridine rings is 1. The summed E-state index contributed by atoms with van der Waals surface area (Å²) in [5.41, 5.74) is 2.15. The Morgan fingerprint density at radius 3 is 2.91 bits per heavy atom. The summed E-state index contributed by atoms with van der Waals surface area (Å²) < 4.78 is 0. The van der Waals surface area contributed by atoms with Crippen molar-refractivity contribution in [1.82, 2.24) is 4.98 Å². The zero-order valence-electron chi connectivity index (χ0n) is 6.91. The van der Waals surface area contributed by atoms with Gasteiger partial charge in [0.15, 0.2) is 0 Å². The number of aryl methyl sites for hydroxylation is 1. The molecule has 0 amide bonds. The van der Waals surface area contributed by atoms with E-state index in [9.17, 15) is 0 Å². The van der Waals surface area contributed by atoms with Gasteiger partial charge in [-0.25, -0.2) is 0 Å². The van der Waals surface area contributed by atoms with Crippen LogP contribution in [0.15, 0.2) is 18.3 Å². The maximum Gasteiger partial charge on any atom is 0.0552 e. The van der Waals surface area contributed by atoms with E-state index in [2.05, 4.69) is 4.98 Å². The number of aliphatic hydroxyl groups is 1. The molecular weight excluding hydrogens is 138 g/mol. The fraction of sp³-hybridized carbons (Fsp3) is 0.444. The highest BCUT2D eigenvalue weighted by atomic mass is 16.3. The summed E-state index contributed by atoms with van der Waals surface area (Å²) in [4.78, 5) is 4.07. The number of nitrogens with zero attached hydrogens (tertiary/aromatic N) is 1. The standard InChI is InChI=1S/C9H13NO/c1-7-5-9(3-4-10-7)6-8(2)11/h3-5,8,11H,6H2,1-2H3/t8-/m1/s1. The Morgan fingerprint density at radius 2 is 2.36 bits per heavy atom. The zero-order valence-corrected chi connectivity index (χ0v) is 6.91. The molecule has 1 heterocycles. The van der Waals surface area contributed by atoms with Crippen LogP contribution in [0.3, 0.4) is 0 Å². The molecule has 0 aliphatic heterocycles. The van der Waals surface area contributed by atoms with Crippen LogP contribution in [-0.4, -0.2) is 16.2 Å². The van der Waals surface area contributed by atoms with Gasteiger partial charge in [-0.15, -0.1) is 0 Å². The van der Waals surface area contributed by atoms with Crippen LogP contribution in [-0.2, 0) is 6.42 Å². The molecule has 60 valence electrons. The molecule has 0 spiro atoms. The van der Waals surface area contributed by atoms with Gasteiger partial charge in [0.1, 0.15) is 0 Å². The minimum atomic E-state index is -0.267. The van der Waals surface area contributed by atoms with Crippen LogP contribution < -0.4 is 0 Å². The van der Waals surface area contributed by atoms with Crippen molar-refractivity contribution in [2.45, 2.75) is 26.4 Å². The molecule has 0 saturated heterocycles. The summed E-state index contributed by atoms with van der Waals surface area (Å²) in [5.74, 6) is 0. The second-order valence-electron chi connectivity index (χ2n) is 2.86. The fourth-order valence-corrected chi connectivity index (χ4v) is 1.07. The number of aliphatic hydroxyl groups excluding tert-OH is 1. The topological polar surface area (TPSA) is 33.1 Å². The average Bonchev–Trinajstić information content (AvgIpc) is 1.85. The van der Waals surface area contributed by atoms with Gasteiger partial charge in [0, 0.05) is 11.9 Å². The van der Waals surface area contributed by atoms with Crippen LogP contribution in [0.2, 0.25) is 0 Å². The normalized spacial score (nSPS) is 13.0. The van der Waals surface area contributed by atoms with Gasteiger partial charge in [-0.3, -0.25) is 4.98 Å². The first kappa shape index (κ1) is 8.21. The highest BCUT2D eigenvalue weighted by molar-refractivity contribution is 5.15. The first-order valence-electron chi connectivity index (χ1n) is 3.78. The molecule has 0 unspecified atom stereocenters. The Morgan fingerprint density at radius 1 is 1.64 bits per heavy atom. The molecule has 0 aromatic carbocycles. The molecule has 0 aliphatic rings. The second kappa shape index (κ2) is 3.49. The molecule has 2 heteroatoms. The molecule has 0 radical (unpaired) electrons. The molecular formula is C9H13NO. The maximum atomic E-state index is 9.08. The van der Waals surface area contributed by atoms with E-state index >= 15 is 0 Å². The van der Waals surface area contributed by atoms with Crippen molar-refractivity contribution in [3.63, 3.8) is 0 Å². The average molecular weight is 151 g/mol. The van der Waals surface area contributed by atoms with Crippen LogP contribution in [0, 0.1) is 6.92 Å². The molecule has 1 atom stereocenters. The second-order valence-corrected chi connectivity index (χ2v) is 2.86. The Hall–Kier alpha value is -0.890. The van der Waals surface area contributed by atoms with E-state index in [1.165, 1.54) is 0 Å². The van der Waals surface area contributed by atoms with Crippen LogP contribution in [0.5, 0.6) is 0 Å². The van der Waals surface area contributed by atoms with Crippen molar-refractivity contribution in [3.8, 4) is 0 Å². The summed E-state index contributed by atoms with van der Waals surface area (Å²) in [6.45, 7) is 3.74. The van der Waals surface area contributed by atoms with Gasteiger partial charge in [0.25, 0.3) is 0 Å². The molecule has 1 rings (SSSR count). The number of hydrogen-bond donors (Lipinski definition) is 1. The monoisotopic (exact) mass is 151 g/mol. The Bertz CT molecular complexity index is 233. The summed E-state index contributed by atoms with van der Waals surface area (Å²) in [6, 6.07) is 3.92. The lowest BCUT2D eigenvalue weighted by Crippen LogP contribution is -2.04. The molecule has 1 aromatic rings.